The Kier molecular flexibility index (Phi) is 5.25. The normalized spacial score (nSPS) is 25.5. The Labute approximate surface area is 133 Å². The van der Waals surface area contributed by atoms with E-state index in [-0.39, 0.29) is 0 Å². The first kappa shape index (κ1) is 15.4. The van der Waals surface area contributed by atoms with Crippen LogP contribution in [0.1, 0.15) is 49.3 Å². The molecule has 2 fully saturated rings. The van der Waals surface area contributed by atoms with Crippen LogP contribution in [0, 0.1) is 0 Å². The van der Waals surface area contributed by atoms with Crippen molar-refractivity contribution >= 4 is 11.8 Å². The van der Waals surface area contributed by atoms with Gasteiger partial charge in [-0.3, -0.25) is 4.90 Å². The predicted molar refractivity (Wildman–Crippen MR) is 93.2 cm³/mol. The Hall–Kier alpha value is -0.510. The molecular formula is C18H28N2S. The number of nitrogens with one attached hydrogen (secondary N) is 1. The lowest BCUT2D eigenvalue weighted by Gasteiger charge is -2.38. The van der Waals surface area contributed by atoms with Crippen LogP contribution >= 0.6 is 11.8 Å². The predicted octanol–water partition coefficient (Wildman–Crippen LogP) is 3.65. The van der Waals surface area contributed by atoms with E-state index >= 15 is 0 Å². The summed E-state index contributed by atoms with van der Waals surface area (Å²) in [7, 11) is 2.28. The lowest BCUT2D eigenvalue weighted by Crippen LogP contribution is -2.47. The molecule has 0 spiro atoms. The average Bonchev–Trinajstić information content (AvgIpc) is 2.45. The molecule has 1 aliphatic heterocycles. The smallest absolute Gasteiger partial charge is 0.0486 e. The molecule has 0 bridgehead atoms. The van der Waals surface area contributed by atoms with E-state index in [4.69, 9.17) is 0 Å². The van der Waals surface area contributed by atoms with E-state index in [1.165, 1.54) is 42.9 Å². The Morgan fingerprint density at radius 3 is 2.62 bits per heavy atom. The van der Waals surface area contributed by atoms with Crippen molar-refractivity contribution < 1.29 is 0 Å². The van der Waals surface area contributed by atoms with E-state index in [1.807, 2.05) is 0 Å². The average molecular weight is 305 g/mol. The number of thioether (sulfide) groups is 1. The van der Waals surface area contributed by atoms with Gasteiger partial charge in [-0.2, -0.15) is 11.8 Å². The fraction of sp³-hybridized carbons (Fsp3) is 0.667. The summed E-state index contributed by atoms with van der Waals surface area (Å²) < 4.78 is 0. The molecular weight excluding hydrogens is 276 g/mol. The highest BCUT2D eigenvalue weighted by molar-refractivity contribution is 7.99. The van der Waals surface area contributed by atoms with Crippen molar-refractivity contribution in [2.24, 2.45) is 0 Å². The highest BCUT2D eigenvalue weighted by Gasteiger charge is 2.29. The second-order valence-corrected chi connectivity index (χ2v) is 7.60. The third-order valence-corrected chi connectivity index (χ3v) is 6.17. The molecule has 2 atom stereocenters. The van der Waals surface area contributed by atoms with Gasteiger partial charge in [-0.05, 0) is 43.5 Å². The summed E-state index contributed by atoms with van der Waals surface area (Å²) in [5, 5.41) is 3.72. The van der Waals surface area contributed by atoms with Crippen molar-refractivity contribution in [1.82, 2.24) is 10.2 Å². The molecule has 1 aromatic carbocycles. The summed E-state index contributed by atoms with van der Waals surface area (Å²) in [6.07, 6.45) is 4.19. The minimum absolute atomic E-state index is 0.461. The summed E-state index contributed by atoms with van der Waals surface area (Å²) >= 11 is 2.09. The maximum Gasteiger partial charge on any atom is 0.0486 e. The van der Waals surface area contributed by atoms with Crippen molar-refractivity contribution in [3.05, 3.63) is 35.4 Å². The second-order valence-electron chi connectivity index (χ2n) is 6.45. The van der Waals surface area contributed by atoms with Crippen LogP contribution in [-0.2, 0) is 0 Å². The molecule has 0 amide bonds. The minimum Gasteiger partial charge on any atom is -0.309 e. The van der Waals surface area contributed by atoms with Gasteiger partial charge in [0.1, 0.15) is 0 Å². The van der Waals surface area contributed by atoms with Gasteiger partial charge in [0, 0.05) is 30.1 Å². The van der Waals surface area contributed by atoms with Crippen molar-refractivity contribution in [2.75, 3.05) is 31.6 Å². The standard InChI is InChI=1S/C18H28N2S/c1-3-19-18(17-13-21-12-11-20(17)2)16-9-7-15(8-10-16)14-5-4-6-14/h7-10,14,17-19H,3-6,11-13H2,1-2H3. The highest BCUT2D eigenvalue weighted by Crippen LogP contribution is 2.37. The van der Waals surface area contributed by atoms with Gasteiger partial charge in [0.05, 0.1) is 0 Å². The molecule has 1 saturated heterocycles. The van der Waals surface area contributed by atoms with Gasteiger partial charge in [-0.25, -0.2) is 0 Å². The van der Waals surface area contributed by atoms with Crippen LogP contribution in [0.2, 0.25) is 0 Å². The van der Waals surface area contributed by atoms with Crippen molar-refractivity contribution in [1.29, 1.82) is 0 Å². The molecule has 21 heavy (non-hydrogen) atoms. The van der Waals surface area contributed by atoms with Crippen LogP contribution in [0.5, 0.6) is 0 Å². The molecule has 2 aliphatic rings. The quantitative estimate of drug-likeness (QED) is 0.894. The van der Waals surface area contributed by atoms with E-state index in [2.05, 4.69) is 60.2 Å². The summed E-state index contributed by atoms with van der Waals surface area (Å²) in [5.41, 5.74) is 3.01. The van der Waals surface area contributed by atoms with Crippen LogP contribution in [0.15, 0.2) is 24.3 Å². The molecule has 1 aliphatic carbocycles. The van der Waals surface area contributed by atoms with Crippen molar-refractivity contribution in [3.63, 3.8) is 0 Å². The Bertz CT molecular complexity index is 441. The van der Waals surface area contributed by atoms with Crippen LogP contribution < -0.4 is 5.32 Å². The Morgan fingerprint density at radius 1 is 1.29 bits per heavy atom. The molecule has 1 N–H and O–H groups in total. The fourth-order valence-corrected chi connectivity index (χ4v) is 4.74. The molecule has 1 heterocycles. The van der Waals surface area contributed by atoms with Gasteiger partial charge in [0.25, 0.3) is 0 Å². The highest BCUT2D eigenvalue weighted by atomic mass is 32.2. The van der Waals surface area contributed by atoms with Crippen LogP contribution in [0.3, 0.4) is 0 Å². The van der Waals surface area contributed by atoms with Gasteiger partial charge < -0.3 is 5.32 Å². The SMILES string of the molecule is CCNC(c1ccc(C2CCC2)cc1)C1CSCCN1C. The number of hydrogen-bond acceptors (Lipinski definition) is 3. The summed E-state index contributed by atoms with van der Waals surface area (Å²) in [5.74, 6) is 3.34. The molecule has 0 radical (unpaired) electrons. The first-order chi connectivity index (χ1) is 10.3. The molecule has 0 aromatic heterocycles. The van der Waals surface area contributed by atoms with Gasteiger partial charge >= 0.3 is 0 Å². The first-order valence-electron chi connectivity index (χ1n) is 8.41. The monoisotopic (exact) mass is 304 g/mol. The lowest BCUT2D eigenvalue weighted by atomic mass is 9.79. The third kappa shape index (κ3) is 3.46. The van der Waals surface area contributed by atoms with E-state index in [0.717, 1.165) is 12.5 Å². The molecule has 1 aromatic rings. The molecule has 116 valence electrons. The van der Waals surface area contributed by atoms with Crippen LogP contribution in [0.4, 0.5) is 0 Å². The number of likely N-dealkylation sites (N-methyl/N-ethyl adjacent to an activating group) is 2. The second kappa shape index (κ2) is 7.17. The number of benzene rings is 1. The van der Waals surface area contributed by atoms with Crippen molar-refractivity contribution in [2.45, 2.75) is 44.2 Å². The van der Waals surface area contributed by atoms with Crippen LogP contribution in [-0.4, -0.2) is 42.6 Å². The molecule has 3 heteroatoms. The zero-order chi connectivity index (χ0) is 14.7. The minimum atomic E-state index is 0.461. The molecule has 1 saturated carbocycles. The zero-order valence-corrected chi connectivity index (χ0v) is 14.2. The first-order valence-corrected chi connectivity index (χ1v) is 9.56. The van der Waals surface area contributed by atoms with E-state index in [0.29, 0.717) is 12.1 Å². The number of rotatable bonds is 5. The molecule has 2 nitrogen and oxygen atoms in total. The zero-order valence-electron chi connectivity index (χ0n) is 13.3. The largest absolute Gasteiger partial charge is 0.309 e. The summed E-state index contributed by atoms with van der Waals surface area (Å²) in [4.78, 5) is 2.53. The van der Waals surface area contributed by atoms with Gasteiger partial charge in [0.2, 0.25) is 0 Å². The van der Waals surface area contributed by atoms with E-state index in [1.54, 1.807) is 5.56 Å². The van der Waals surface area contributed by atoms with E-state index in [9.17, 15) is 0 Å². The maximum atomic E-state index is 3.72. The third-order valence-electron chi connectivity index (χ3n) is 5.12. The topological polar surface area (TPSA) is 15.3 Å². The Morgan fingerprint density at radius 2 is 2.05 bits per heavy atom. The van der Waals surface area contributed by atoms with Gasteiger partial charge in [-0.1, -0.05) is 37.6 Å². The van der Waals surface area contributed by atoms with E-state index < -0.39 is 0 Å². The molecule has 2 unspecified atom stereocenters. The summed E-state index contributed by atoms with van der Waals surface area (Å²) in [6.45, 7) is 4.45. The van der Waals surface area contributed by atoms with Gasteiger partial charge in [-0.15, -0.1) is 0 Å². The number of nitrogens with zero attached hydrogens (tertiary/aromatic N) is 1. The Balaban J connectivity index is 1.75. The van der Waals surface area contributed by atoms with Crippen LogP contribution in [0.25, 0.3) is 0 Å². The number of hydrogen-bond donors (Lipinski definition) is 1. The molecule has 3 rings (SSSR count). The summed E-state index contributed by atoms with van der Waals surface area (Å²) in [6, 6.07) is 10.6. The fourth-order valence-electron chi connectivity index (χ4n) is 3.47. The maximum absolute atomic E-state index is 3.72. The lowest BCUT2D eigenvalue weighted by molar-refractivity contribution is 0.217. The van der Waals surface area contributed by atoms with Crippen molar-refractivity contribution in [3.8, 4) is 0 Å². The van der Waals surface area contributed by atoms with Gasteiger partial charge in [0.15, 0.2) is 0 Å².